The van der Waals surface area contributed by atoms with Gasteiger partial charge in [0.25, 0.3) is 5.91 Å². The second-order valence-electron chi connectivity index (χ2n) is 8.32. The van der Waals surface area contributed by atoms with Crippen molar-refractivity contribution in [1.29, 1.82) is 0 Å². The molecule has 1 saturated heterocycles. The molecule has 1 amide bonds. The second-order valence-corrected chi connectivity index (χ2v) is 8.32. The molecule has 8 heteroatoms. The summed E-state index contributed by atoms with van der Waals surface area (Å²) < 4.78 is 5.15. The number of hydrogen-bond acceptors (Lipinski definition) is 7. The maximum Gasteiger partial charge on any atom is 0.259 e. The van der Waals surface area contributed by atoms with Gasteiger partial charge in [-0.15, -0.1) is 0 Å². The van der Waals surface area contributed by atoms with Crippen molar-refractivity contribution in [3.63, 3.8) is 0 Å². The number of ether oxygens (including phenoxy) is 1. The van der Waals surface area contributed by atoms with Crippen LogP contribution in [0.4, 0.5) is 5.69 Å². The molecule has 0 unspecified atom stereocenters. The number of likely N-dealkylation sites (tertiary alicyclic amines) is 1. The van der Waals surface area contributed by atoms with Crippen molar-refractivity contribution in [1.82, 2.24) is 24.8 Å². The number of aromatic nitrogens is 4. The average Bonchev–Trinajstić information content (AvgIpc) is 2.85. The van der Waals surface area contributed by atoms with Crippen LogP contribution in [-0.4, -0.2) is 50.9 Å². The zero-order valence-electron chi connectivity index (χ0n) is 19.4. The minimum Gasteiger partial charge on any atom is -0.497 e. The maximum absolute atomic E-state index is 12.7. The average molecular weight is 447 g/mol. The molecule has 0 saturated carbocycles. The Balaban J connectivity index is 1.33. The Morgan fingerprint density at radius 3 is 2.39 bits per heavy atom. The quantitative estimate of drug-likeness (QED) is 0.590. The number of nitrogens with zero attached hydrogens (tertiary/aromatic N) is 5. The van der Waals surface area contributed by atoms with E-state index in [2.05, 4.69) is 37.1 Å². The maximum atomic E-state index is 12.7. The third-order valence-corrected chi connectivity index (χ3v) is 6.02. The number of hydrogen-bond donors (Lipinski definition) is 1. The van der Waals surface area contributed by atoms with E-state index < -0.39 is 0 Å². The van der Waals surface area contributed by atoms with Gasteiger partial charge in [-0.2, -0.15) is 0 Å². The molecule has 172 valence electrons. The van der Waals surface area contributed by atoms with Crippen LogP contribution in [0.2, 0.25) is 0 Å². The number of methoxy groups -OCH3 is 1. The van der Waals surface area contributed by atoms with Gasteiger partial charge in [-0.1, -0.05) is 6.92 Å². The van der Waals surface area contributed by atoms with E-state index in [0.717, 1.165) is 61.9 Å². The van der Waals surface area contributed by atoms with Gasteiger partial charge < -0.3 is 10.1 Å². The van der Waals surface area contributed by atoms with Crippen molar-refractivity contribution in [3.8, 4) is 5.75 Å². The largest absolute Gasteiger partial charge is 0.497 e. The fourth-order valence-corrected chi connectivity index (χ4v) is 4.03. The van der Waals surface area contributed by atoms with Crippen LogP contribution in [0.5, 0.6) is 5.75 Å². The Bertz CT molecular complexity index is 1080. The number of nitrogens with one attached hydrogen (secondary N) is 1. The van der Waals surface area contributed by atoms with Crippen LogP contribution < -0.4 is 10.1 Å². The second kappa shape index (κ2) is 10.5. The molecule has 1 aliphatic rings. The lowest BCUT2D eigenvalue weighted by Gasteiger charge is -2.31. The summed E-state index contributed by atoms with van der Waals surface area (Å²) in [5.41, 5.74) is 3.03. The molecule has 3 aromatic rings. The summed E-state index contributed by atoms with van der Waals surface area (Å²) in [6.45, 7) is 6.73. The Morgan fingerprint density at radius 2 is 1.79 bits per heavy atom. The molecular formula is C25H30N6O2. The van der Waals surface area contributed by atoms with Gasteiger partial charge in [-0.3, -0.25) is 9.69 Å². The lowest BCUT2D eigenvalue weighted by Crippen LogP contribution is -2.33. The fourth-order valence-electron chi connectivity index (χ4n) is 4.03. The first-order valence-corrected chi connectivity index (χ1v) is 11.4. The van der Waals surface area contributed by atoms with Crippen molar-refractivity contribution < 1.29 is 9.53 Å². The molecule has 33 heavy (non-hydrogen) atoms. The van der Waals surface area contributed by atoms with Gasteiger partial charge in [0.05, 0.1) is 18.4 Å². The fraction of sp³-hybridized carbons (Fsp3) is 0.400. The highest BCUT2D eigenvalue weighted by molar-refractivity contribution is 6.04. The number of anilines is 1. The van der Waals surface area contributed by atoms with E-state index in [1.807, 2.05) is 31.5 Å². The summed E-state index contributed by atoms with van der Waals surface area (Å²) in [6, 6.07) is 7.22. The Hall–Kier alpha value is -3.39. The Kier molecular flexibility index (Phi) is 7.24. The molecule has 0 bridgehead atoms. The summed E-state index contributed by atoms with van der Waals surface area (Å²) in [5, 5.41) is 2.89. The van der Waals surface area contributed by atoms with E-state index in [1.165, 1.54) is 0 Å². The van der Waals surface area contributed by atoms with Gasteiger partial charge in [0.2, 0.25) is 0 Å². The van der Waals surface area contributed by atoms with Crippen molar-refractivity contribution in [2.45, 2.75) is 45.6 Å². The first-order chi connectivity index (χ1) is 16.1. The summed E-state index contributed by atoms with van der Waals surface area (Å²) >= 11 is 0. The molecule has 2 aromatic heterocycles. The highest BCUT2D eigenvalue weighted by Gasteiger charge is 2.24. The molecule has 1 N–H and O–H groups in total. The molecule has 1 fully saturated rings. The number of benzene rings is 1. The van der Waals surface area contributed by atoms with Gasteiger partial charge in [-0.05, 0) is 57.1 Å². The topological polar surface area (TPSA) is 93.1 Å². The summed E-state index contributed by atoms with van der Waals surface area (Å²) in [6.07, 6.45) is 8.35. The normalized spacial score (nSPS) is 14.8. The van der Waals surface area contributed by atoms with E-state index >= 15 is 0 Å². The van der Waals surface area contributed by atoms with Crippen LogP contribution in [0, 0.1) is 6.92 Å². The van der Waals surface area contributed by atoms with E-state index in [1.54, 1.807) is 25.4 Å². The molecule has 1 aliphatic heterocycles. The van der Waals surface area contributed by atoms with Crippen molar-refractivity contribution in [2.24, 2.45) is 0 Å². The number of carbonyl (C=O) groups excluding carboxylic acids is 1. The first-order valence-electron chi connectivity index (χ1n) is 11.4. The molecule has 0 radical (unpaired) electrons. The highest BCUT2D eigenvalue weighted by Crippen LogP contribution is 2.27. The van der Waals surface area contributed by atoms with Crippen LogP contribution in [0.15, 0.2) is 42.9 Å². The highest BCUT2D eigenvalue weighted by atomic mass is 16.5. The third-order valence-electron chi connectivity index (χ3n) is 6.02. The summed E-state index contributed by atoms with van der Waals surface area (Å²) in [5.74, 6) is 2.54. The van der Waals surface area contributed by atoms with Crippen molar-refractivity contribution >= 4 is 11.6 Å². The minimum absolute atomic E-state index is 0.213. The van der Waals surface area contributed by atoms with Crippen LogP contribution in [0.25, 0.3) is 0 Å². The van der Waals surface area contributed by atoms with Gasteiger partial charge >= 0.3 is 0 Å². The third kappa shape index (κ3) is 5.70. The smallest absolute Gasteiger partial charge is 0.259 e. The van der Waals surface area contributed by atoms with E-state index in [4.69, 9.17) is 4.74 Å². The molecule has 4 rings (SSSR count). The SMILES string of the molecule is CCc1ncc(CN2CCC(c3ncc(C(=O)Nc4ccc(OC)cc4)c(C)n3)CC2)cn1. The lowest BCUT2D eigenvalue weighted by atomic mass is 9.95. The number of rotatable bonds is 7. The summed E-state index contributed by atoms with van der Waals surface area (Å²) in [7, 11) is 1.61. The van der Waals surface area contributed by atoms with E-state index in [9.17, 15) is 4.79 Å². The van der Waals surface area contributed by atoms with Crippen LogP contribution in [0.1, 0.15) is 58.9 Å². The lowest BCUT2D eigenvalue weighted by molar-refractivity contribution is 0.102. The standard InChI is InChI=1S/C25H30N6O2/c1-4-23-26-13-18(14-27-23)16-31-11-9-19(10-12-31)24-28-15-22(17(2)29-24)25(32)30-20-5-7-21(33-3)8-6-20/h5-8,13-15,19H,4,9-12,16H2,1-3H3,(H,30,32). The van der Waals surface area contributed by atoms with Crippen LogP contribution in [0.3, 0.4) is 0 Å². The predicted molar refractivity (Wildman–Crippen MR) is 126 cm³/mol. The van der Waals surface area contributed by atoms with Gasteiger partial charge in [0, 0.05) is 48.7 Å². The molecular weight excluding hydrogens is 416 g/mol. The molecule has 3 heterocycles. The minimum atomic E-state index is -0.213. The molecule has 1 aromatic carbocycles. The molecule has 0 aliphatic carbocycles. The number of piperidine rings is 1. The molecule has 0 atom stereocenters. The zero-order chi connectivity index (χ0) is 23.2. The predicted octanol–water partition coefficient (Wildman–Crippen LogP) is 3.78. The van der Waals surface area contributed by atoms with Crippen LogP contribution in [-0.2, 0) is 13.0 Å². The van der Waals surface area contributed by atoms with Crippen LogP contribution >= 0.6 is 0 Å². The monoisotopic (exact) mass is 446 g/mol. The Labute approximate surface area is 194 Å². The van der Waals surface area contributed by atoms with Gasteiger partial charge in [-0.25, -0.2) is 19.9 Å². The first kappa shape index (κ1) is 22.8. The molecule has 8 nitrogen and oxygen atoms in total. The van der Waals surface area contributed by atoms with Gasteiger partial charge in [0.15, 0.2) is 0 Å². The van der Waals surface area contributed by atoms with Crippen molar-refractivity contribution in [3.05, 3.63) is 71.3 Å². The number of amides is 1. The van der Waals surface area contributed by atoms with E-state index in [0.29, 0.717) is 22.9 Å². The number of carbonyl (C=O) groups is 1. The summed E-state index contributed by atoms with van der Waals surface area (Å²) in [4.78, 5) is 33.1. The van der Waals surface area contributed by atoms with Crippen molar-refractivity contribution in [2.75, 3.05) is 25.5 Å². The molecule has 0 spiro atoms. The Morgan fingerprint density at radius 1 is 1.09 bits per heavy atom. The number of aryl methyl sites for hydroxylation is 2. The zero-order valence-corrected chi connectivity index (χ0v) is 19.4. The van der Waals surface area contributed by atoms with Gasteiger partial charge in [0.1, 0.15) is 17.4 Å². The van der Waals surface area contributed by atoms with E-state index in [-0.39, 0.29) is 5.91 Å².